The van der Waals surface area contributed by atoms with E-state index in [4.69, 9.17) is 0 Å². The Morgan fingerprint density at radius 2 is 2.14 bits per heavy atom. The Bertz CT molecular complexity index is 725. The molecule has 6 nitrogen and oxygen atoms in total. The van der Waals surface area contributed by atoms with E-state index in [0.717, 1.165) is 29.4 Å². The molecule has 0 spiro atoms. The van der Waals surface area contributed by atoms with Crippen molar-refractivity contribution in [3.8, 4) is 10.7 Å². The fourth-order valence-corrected chi connectivity index (χ4v) is 2.96. The summed E-state index contributed by atoms with van der Waals surface area (Å²) in [5.74, 6) is 0. The molecule has 0 amide bonds. The molecular weight excluding hydrogens is 284 g/mol. The minimum absolute atomic E-state index is 0.694. The lowest BCUT2D eigenvalue weighted by molar-refractivity contribution is 0.580. The van der Waals surface area contributed by atoms with E-state index in [1.54, 1.807) is 17.5 Å². The van der Waals surface area contributed by atoms with Crippen LogP contribution in [0.15, 0.2) is 17.8 Å². The molecule has 3 aromatic rings. The van der Waals surface area contributed by atoms with Gasteiger partial charge in [-0.15, -0.1) is 16.4 Å². The van der Waals surface area contributed by atoms with E-state index in [1.165, 1.54) is 11.3 Å². The zero-order chi connectivity index (χ0) is 14.8. The molecule has 7 heteroatoms. The van der Waals surface area contributed by atoms with Crippen LogP contribution in [0.5, 0.6) is 0 Å². The Labute approximate surface area is 127 Å². The Balaban J connectivity index is 1.84. The first-order valence-electron chi connectivity index (χ1n) is 7.02. The standard InChI is InChI=1S/C14H18N6S/c1-4-6-20-11(3)12(10(2)17-20)8-19-9-13(16-18-19)14-15-5-7-21-14/h5,7,9H,4,6,8H2,1-3H3. The smallest absolute Gasteiger partial charge is 0.145 e. The van der Waals surface area contributed by atoms with E-state index in [1.807, 2.05) is 23.2 Å². The van der Waals surface area contributed by atoms with Gasteiger partial charge >= 0.3 is 0 Å². The summed E-state index contributed by atoms with van der Waals surface area (Å²) in [6.45, 7) is 7.97. The summed E-state index contributed by atoms with van der Waals surface area (Å²) in [5, 5.41) is 15.8. The molecule has 0 aliphatic heterocycles. The predicted molar refractivity (Wildman–Crippen MR) is 82.2 cm³/mol. The van der Waals surface area contributed by atoms with Gasteiger partial charge in [-0.25, -0.2) is 9.67 Å². The molecule has 0 bridgehead atoms. The summed E-state index contributed by atoms with van der Waals surface area (Å²) in [5.41, 5.74) is 4.31. The van der Waals surface area contributed by atoms with Crippen molar-refractivity contribution >= 4 is 11.3 Å². The number of hydrogen-bond acceptors (Lipinski definition) is 5. The largest absolute Gasteiger partial charge is 0.269 e. The number of thiazole rings is 1. The topological polar surface area (TPSA) is 61.4 Å². The quantitative estimate of drug-likeness (QED) is 0.727. The van der Waals surface area contributed by atoms with Gasteiger partial charge in [0.2, 0.25) is 0 Å². The molecule has 3 heterocycles. The molecule has 0 fully saturated rings. The van der Waals surface area contributed by atoms with Gasteiger partial charge in [-0.3, -0.25) is 4.68 Å². The summed E-state index contributed by atoms with van der Waals surface area (Å²) in [6.07, 6.45) is 4.80. The van der Waals surface area contributed by atoms with Gasteiger partial charge in [-0.1, -0.05) is 12.1 Å². The van der Waals surface area contributed by atoms with E-state index >= 15 is 0 Å². The van der Waals surface area contributed by atoms with Crippen molar-refractivity contribution in [2.45, 2.75) is 40.3 Å². The van der Waals surface area contributed by atoms with Crippen LogP contribution in [0.25, 0.3) is 10.7 Å². The Morgan fingerprint density at radius 1 is 1.29 bits per heavy atom. The minimum Gasteiger partial charge on any atom is -0.269 e. The highest BCUT2D eigenvalue weighted by molar-refractivity contribution is 7.13. The second-order valence-electron chi connectivity index (χ2n) is 5.01. The summed E-state index contributed by atoms with van der Waals surface area (Å²) in [4.78, 5) is 4.26. The number of hydrogen-bond donors (Lipinski definition) is 0. The molecule has 0 saturated heterocycles. The lowest BCUT2D eigenvalue weighted by Crippen LogP contribution is -2.04. The molecule has 0 aliphatic carbocycles. The van der Waals surface area contributed by atoms with Crippen LogP contribution in [0, 0.1) is 13.8 Å². The molecule has 21 heavy (non-hydrogen) atoms. The van der Waals surface area contributed by atoms with Crippen LogP contribution in [-0.2, 0) is 13.1 Å². The zero-order valence-electron chi connectivity index (χ0n) is 12.4. The maximum absolute atomic E-state index is 4.60. The normalized spacial score (nSPS) is 11.2. The van der Waals surface area contributed by atoms with Gasteiger partial charge < -0.3 is 0 Å². The third-order valence-corrected chi connectivity index (χ3v) is 4.27. The fourth-order valence-electron chi connectivity index (χ4n) is 2.38. The van der Waals surface area contributed by atoms with E-state index in [2.05, 4.69) is 38.9 Å². The first kappa shape index (κ1) is 13.9. The summed E-state index contributed by atoms with van der Waals surface area (Å²) < 4.78 is 3.92. The average molecular weight is 302 g/mol. The van der Waals surface area contributed by atoms with Gasteiger partial charge in [0, 0.05) is 29.4 Å². The first-order chi connectivity index (χ1) is 10.2. The minimum atomic E-state index is 0.694. The second kappa shape index (κ2) is 5.77. The number of nitrogens with zero attached hydrogens (tertiary/aromatic N) is 6. The molecule has 0 atom stereocenters. The van der Waals surface area contributed by atoms with Crippen LogP contribution in [0.2, 0.25) is 0 Å². The summed E-state index contributed by atoms with van der Waals surface area (Å²) >= 11 is 1.57. The van der Waals surface area contributed by atoms with Crippen LogP contribution in [0.4, 0.5) is 0 Å². The molecule has 0 aliphatic rings. The summed E-state index contributed by atoms with van der Waals surface area (Å²) in [7, 11) is 0. The van der Waals surface area contributed by atoms with E-state index < -0.39 is 0 Å². The lowest BCUT2D eigenvalue weighted by atomic mass is 10.2. The SMILES string of the molecule is CCCn1nc(C)c(Cn2cc(-c3nccs3)nn2)c1C. The Morgan fingerprint density at radius 3 is 2.86 bits per heavy atom. The van der Waals surface area contributed by atoms with E-state index in [9.17, 15) is 0 Å². The van der Waals surface area contributed by atoms with Crippen LogP contribution in [0.3, 0.4) is 0 Å². The van der Waals surface area contributed by atoms with Crippen molar-refractivity contribution in [2.75, 3.05) is 0 Å². The molecule has 0 aromatic carbocycles. The molecule has 0 saturated carbocycles. The number of aromatic nitrogens is 6. The van der Waals surface area contributed by atoms with Crippen LogP contribution in [-0.4, -0.2) is 29.8 Å². The highest BCUT2D eigenvalue weighted by Gasteiger charge is 2.13. The molecule has 0 N–H and O–H groups in total. The molecule has 3 rings (SSSR count). The van der Waals surface area contributed by atoms with E-state index in [0.29, 0.717) is 6.54 Å². The van der Waals surface area contributed by atoms with Gasteiger partial charge in [0.25, 0.3) is 0 Å². The second-order valence-corrected chi connectivity index (χ2v) is 5.91. The van der Waals surface area contributed by atoms with Crippen molar-refractivity contribution in [1.29, 1.82) is 0 Å². The number of rotatable bonds is 5. The van der Waals surface area contributed by atoms with Gasteiger partial charge in [-0.2, -0.15) is 5.10 Å². The maximum atomic E-state index is 4.60. The summed E-state index contributed by atoms with van der Waals surface area (Å²) in [6, 6.07) is 0. The fraction of sp³-hybridized carbons (Fsp3) is 0.429. The van der Waals surface area contributed by atoms with Gasteiger partial charge in [0.05, 0.1) is 18.4 Å². The molecule has 3 aromatic heterocycles. The molecule has 0 unspecified atom stereocenters. The highest BCUT2D eigenvalue weighted by atomic mass is 32.1. The monoisotopic (exact) mass is 302 g/mol. The van der Waals surface area contributed by atoms with Gasteiger partial charge in [-0.05, 0) is 20.3 Å². The molecular formula is C14H18N6S. The van der Waals surface area contributed by atoms with Crippen LogP contribution in [0.1, 0.15) is 30.3 Å². The van der Waals surface area contributed by atoms with Crippen LogP contribution >= 0.6 is 11.3 Å². The van der Waals surface area contributed by atoms with Crippen molar-refractivity contribution in [1.82, 2.24) is 29.8 Å². The lowest BCUT2D eigenvalue weighted by Gasteiger charge is -2.03. The van der Waals surface area contributed by atoms with Gasteiger partial charge in [0.1, 0.15) is 10.7 Å². The third kappa shape index (κ3) is 2.73. The Kier molecular flexibility index (Phi) is 3.83. The predicted octanol–water partition coefficient (Wildman–Crippen LogP) is 2.67. The zero-order valence-corrected chi connectivity index (χ0v) is 13.3. The third-order valence-electron chi connectivity index (χ3n) is 3.48. The maximum Gasteiger partial charge on any atom is 0.145 e. The Hall–Kier alpha value is -2.02. The highest BCUT2D eigenvalue weighted by Crippen LogP contribution is 2.20. The van der Waals surface area contributed by atoms with Crippen LogP contribution < -0.4 is 0 Å². The molecule has 0 radical (unpaired) electrons. The van der Waals surface area contributed by atoms with Crippen molar-refractivity contribution < 1.29 is 0 Å². The van der Waals surface area contributed by atoms with Crippen molar-refractivity contribution in [3.05, 3.63) is 34.7 Å². The average Bonchev–Trinajstić information content (AvgIpc) is 3.17. The van der Waals surface area contributed by atoms with Crippen molar-refractivity contribution in [2.24, 2.45) is 0 Å². The number of aryl methyl sites for hydroxylation is 2. The van der Waals surface area contributed by atoms with Crippen molar-refractivity contribution in [3.63, 3.8) is 0 Å². The first-order valence-corrected chi connectivity index (χ1v) is 7.90. The van der Waals surface area contributed by atoms with Gasteiger partial charge in [0.15, 0.2) is 0 Å². The van der Waals surface area contributed by atoms with E-state index in [-0.39, 0.29) is 0 Å². The molecule has 110 valence electrons.